The molecule has 0 amide bonds. The van der Waals surface area contributed by atoms with Crippen LogP contribution in [0.4, 0.5) is 0 Å². The molecule has 0 spiro atoms. The molecule has 0 aliphatic carbocycles. The maximum atomic E-state index is 13.1. The molecular weight excluding hydrogens is 494 g/mol. The molecule has 0 aromatic carbocycles. The molecule has 0 saturated carbocycles. The van der Waals surface area contributed by atoms with E-state index in [2.05, 4.69) is 30.1 Å². The van der Waals surface area contributed by atoms with Gasteiger partial charge in [-0.15, -0.1) is 10.2 Å². The van der Waals surface area contributed by atoms with Crippen molar-refractivity contribution in [1.82, 2.24) is 34.7 Å². The fraction of sp³-hybridized carbons (Fsp3) is 0.273. The molecule has 13 heteroatoms. The summed E-state index contributed by atoms with van der Waals surface area (Å²) in [5.41, 5.74) is 1.43. The van der Waals surface area contributed by atoms with Crippen molar-refractivity contribution in [2.75, 3.05) is 19.5 Å². The Labute approximate surface area is 206 Å². The summed E-state index contributed by atoms with van der Waals surface area (Å²) in [6.45, 7) is 0.178. The predicted molar refractivity (Wildman–Crippen MR) is 126 cm³/mol. The van der Waals surface area contributed by atoms with Gasteiger partial charge in [0.2, 0.25) is 0 Å². The smallest absolute Gasteiger partial charge is 0.257 e. The Bertz CT molecular complexity index is 1450. The van der Waals surface area contributed by atoms with Crippen LogP contribution in [0.1, 0.15) is 23.3 Å². The van der Waals surface area contributed by atoms with Crippen molar-refractivity contribution in [3.05, 3.63) is 71.4 Å². The number of hydrogen-bond acceptors (Lipinski definition) is 10. The van der Waals surface area contributed by atoms with Crippen LogP contribution in [-0.2, 0) is 22.0 Å². The van der Waals surface area contributed by atoms with Crippen LogP contribution in [0, 0.1) is 0 Å². The molecule has 1 aliphatic rings. The Balaban J connectivity index is 1.52. The highest BCUT2D eigenvalue weighted by Gasteiger charge is 2.32. The van der Waals surface area contributed by atoms with Crippen LogP contribution in [0.25, 0.3) is 11.4 Å². The van der Waals surface area contributed by atoms with Gasteiger partial charge in [-0.25, -0.2) is 23.4 Å². The number of pyridine rings is 2. The summed E-state index contributed by atoms with van der Waals surface area (Å²) in [6.07, 6.45) is 7.98. The second-order valence-corrected chi connectivity index (χ2v) is 10.4. The van der Waals surface area contributed by atoms with Gasteiger partial charge in [-0.1, -0.05) is 17.7 Å². The van der Waals surface area contributed by atoms with Crippen LogP contribution >= 0.6 is 11.6 Å². The first kappa shape index (κ1) is 23.1. The van der Waals surface area contributed by atoms with Crippen molar-refractivity contribution in [2.45, 2.75) is 18.2 Å². The van der Waals surface area contributed by atoms with Crippen LogP contribution in [0.2, 0.25) is 5.02 Å². The van der Waals surface area contributed by atoms with Crippen LogP contribution < -0.4 is 9.47 Å². The third-order valence-electron chi connectivity index (χ3n) is 5.50. The summed E-state index contributed by atoms with van der Waals surface area (Å²) in [6, 6.07) is 5.02. The molecule has 180 valence electrons. The molecule has 0 saturated heterocycles. The maximum Gasteiger partial charge on any atom is 0.257 e. The van der Waals surface area contributed by atoms with Crippen molar-refractivity contribution in [1.29, 1.82) is 0 Å². The van der Waals surface area contributed by atoms with Gasteiger partial charge in [0.05, 0.1) is 29.5 Å². The van der Waals surface area contributed by atoms with E-state index >= 15 is 0 Å². The van der Waals surface area contributed by atoms with E-state index in [4.69, 9.17) is 21.1 Å². The monoisotopic (exact) mass is 513 g/mol. The van der Waals surface area contributed by atoms with E-state index in [-0.39, 0.29) is 30.4 Å². The Morgan fingerprint density at radius 2 is 1.97 bits per heavy atom. The fourth-order valence-electron chi connectivity index (χ4n) is 3.86. The molecule has 4 aromatic heterocycles. The molecule has 1 atom stereocenters. The van der Waals surface area contributed by atoms with Crippen LogP contribution in [-0.4, -0.2) is 62.6 Å². The van der Waals surface area contributed by atoms with Crippen LogP contribution in [0.15, 0.2) is 49.2 Å². The van der Waals surface area contributed by atoms with E-state index < -0.39 is 15.9 Å². The maximum absolute atomic E-state index is 13.1. The summed E-state index contributed by atoms with van der Waals surface area (Å²) in [5.74, 6) is 1.40. The highest BCUT2D eigenvalue weighted by atomic mass is 35.5. The topological polar surface area (TPSA) is 135 Å². The number of methoxy groups -OCH3 is 1. The molecule has 5 heterocycles. The molecule has 4 aromatic rings. The van der Waals surface area contributed by atoms with Crippen molar-refractivity contribution in [2.24, 2.45) is 0 Å². The van der Waals surface area contributed by atoms with Gasteiger partial charge in [-0.2, -0.15) is 0 Å². The zero-order chi connectivity index (χ0) is 24.4. The average molecular weight is 514 g/mol. The number of hydrogen-bond donors (Lipinski definition) is 0. The molecule has 0 unspecified atom stereocenters. The molecule has 11 nitrogen and oxygen atoms in total. The molecule has 35 heavy (non-hydrogen) atoms. The van der Waals surface area contributed by atoms with Gasteiger partial charge in [0.15, 0.2) is 21.4 Å². The zero-order valence-electron chi connectivity index (χ0n) is 18.6. The fourth-order valence-corrected chi connectivity index (χ4v) is 5.19. The number of fused-ring (bicyclic) bond motifs is 3. The van der Waals surface area contributed by atoms with Crippen molar-refractivity contribution in [3.63, 3.8) is 0 Å². The van der Waals surface area contributed by atoms with E-state index in [1.54, 1.807) is 29.2 Å². The van der Waals surface area contributed by atoms with E-state index in [1.165, 1.54) is 19.5 Å². The molecule has 1 aliphatic heterocycles. The number of rotatable bonds is 7. The summed E-state index contributed by atoms with van der Waals surface area (Å²) in [5, 5.41) is 9.00. The summed E-state index contributed by atoms with van der Waals surface area (Å²) >= 11 is 5.81. The Hall–Kier alpha value is -3.64. The van der Waals surface area contributed by atoms with Gasteiger partial charge < -0.3 is 9.47 Å². The van der Waals surface area contributed by atoms with E-state index in [0.29, 0.717) is 33.9 Å². The van der Waals surface area contributed by atoms with E-state index in [1.807, 2.05) is 12.1 Å². The minimum absolute atomic E-state index is 0.154. The summed E-state index contributed by atoms with van der Waals surface area (Å²) < 4.78 is 39.4. The minimum Gasteiger partial charge on any atom is -0.485 e. The second kappa shape index (κ2) is 9.55. The number of halogens is 1. The first-order chi connectivity index (χ1) is 16.9. The number of nitrogens with zero attached hydrogens (tertiary/aromatic N) is 7. The Morgan fingerprint density at radius 3 is 2.71 bits per heavy atom. The third-order valence-corrected chi connectivity index (χ3v) is 7.22. The van der Waals surface area contributed by atoms with Crippen LogP contribution in [0.3, 0.4) is 0 Å². The van der Waals surface area contributed by atoms with E-state index in [9.17, 15) is 8.42 Å². The Kier molecular flexibility index (Phi) is 6.31. The lowest BCUT2D eigenvalue weighted by Crippen LogP contribution is -2.22. The average Bonchev–Trinajstić information content (AvgIpc) is 3.18. The summed E-state index contributed by atoms with van der Waals surface area (Å²) in [4.78, 5) is 16.6. The molecular formula is C22H20ClN7O4S. The van der Waals surface area contributed by atoms with Crippen molar-refractivity contribution < 1.29 is 17.9 Å². The molecule has 0 N–H and O–H groups in total. The third kappa shape index (κ3) is 4.80. The highest BCUT2D eigenvalue weighted by molar-refractivity contribution is 7.90. The Morgan fingerprint density at radius 1 is 1.14 bits per heavy atom. The summed E-state index contributed by atoms with van der Waals surface area (Å²) in [7, 11) is -2.08. The number of ether oxygens (including phenoxy) is 2. The van der Waals surface area contributed by atoms with Crippen molar-refractivity contribution >= 4 is 21.4 Å². The van der Waals surface area contributed by atoms with E-state index in [0.717, 1.165) is 5.56 Å². The lowest BCUT2D eigenvalue weighted by atomic mass is 10.1. The number of sulfone groups is 1. The van der Waals surface area contributed by atoms with Gasteiger partial charge in [-0.3, -0.25) is 9.55 Å². The molecule has 0 fully saturated rings. The first-order valence-corrected chi connectivity index (χ1v) is 12.8. The lowest BCUT2D eigenvalue weighted by Gasteiger charge is -2.19. The first-order valence-electron chi connectivity index (χ1n) is 10.6. The van der Waals surface area contributed by atoms with Crippen LogP contribution in [0.5, 0.6) is 11.6 Å². The highest BCUT2D eigenvalue weighted by Crippen LogP contribution is 2.41. The van der Waals surface area contributed by atoms with Gasteiger partial charge >= 0.3 is 0 Å². The molecule has 5 rings (SSSR count). The van der Waals surface area contributed by atoms with Gasteiger partial charge in [-0.05, 0) is 17.7 Å². The normalized spacial score (nSPS) is 15.0. The molecule has 0 bridgehead atoms. The lowest BCUT2D eigenvalue weighted by molar-refractivity contribution is 0.260. The quantitative estimate of drug-likeness (QED) is 0.362. The van der Waals surface area contributed by atoms with Crippen molar-refractivity contribution in [3.8, 4) is 23.0 Å². The SMILES string of the molecule is COc1nccc2c1OC[C@H](c1cccnc1)n1c(CS(=O)(=O)CCc3ncc(Cl)cn3)nnc1-2. The standard InChI is InChI=1S/C22H20ClN7O4S/c1-33-22-20-16(4-7-25-22)21-29-28-19(30(21)17(12-34-20)14-3-2-6-24-9-14)13-35(31,32)8-5-18-26-10-15(23)11-27-18/h2-4,6-7,9-11,17H,5,8,12-13H2,1H3/t17-/m1/s1. The largest absolute Gasteiger partial charge is 0.485 e. The predicted octanol–water partition coefficient (Wildman–Crippen LogP) is 2.33. The number of aryl methyl sites for hydroxylation is 1. The minimum atomic E-state index is -3.58. The number of aromatic nitrogens is 7. The van der Waals surface area contributed by atoms with Gasteiger partial charge in [0, 0.05) is 37.4 Å². The van der Waals surface area contributed by atoms with Gasteiger partial charge in [0.1, 0.15) is 24.0 Å². The zero-order valence-corrected chi connectivity index (χ0v) is 20.1. The molecule has 0 radical (unpaired) electrons. The second-order valence-electron chi connectivity index (χ2n) is 7.78. The van der Waals surface area contributed by atoms with Gasteiger partial charge in [0.25, 0.3) is 5.88 Å².